The maximum Gasteiger partial charge on any atom is 0.395 e. The largest absolute Gasteiger partial charge is 0.473 e. The van der Waals surface area contributed by atoms with Gasteiger partial charge in [0.15, 0.2) is 5.82 Å². The van der Waals surface area contributed by atoms with Gasteiger partial charge in [-0.25, -0.2) is 22.8 Å². The summed E-state index contributed by atoms with van der Waals surface area (Å²) in [5, 5.41) is 3.71. The normalized spacial score (nSPS) is 18.2. The van der Waals surface area contributed by atoms with E-state index >= 15 is 0 Å². The van der Waals surface area contributed by atoms with Crippen LogP contribution in [0.3, 0.4) is 0 Å². The smallest absolute Gasteiger partial charge is 0.395 e. The van der Waals surface area contributed by atoms with Gasteiger partial charge in [0.05, 0.1) is 16.4 Å². The molecule has 0 aliphatic heterocycles. The van der Waals surface area contributed by atoms with Gasteiger partial charge in [0.25, 0.3) is 15.9 Å². The summed E-state index contributed by atoms with van der Waals surface area (Å²) in [5.41, 5.74) is -0.190. The molecule has 0 radical (unpaired) electrons. The van der Waals surface area contributed by atoms with E-state index in [-0.39, 0.29) is 33.7 Å². The van der Waals surface area contributed by atoms with Crippen molar-refractivity contribution in [1.29, 1.82) is 0 Å². The van der Waals surface area contributed by atoms with Crippen LogP contribution in [0.2, 0.25) is 5.15 Å². The minimum absolute atomic E-state index is 0.0181. The van der Waals surface area contributed by atoms with E-state index in [2.05, 4.69) is 10.1 Å². The summed E-state index contributed by atoms with van der Waals surface area (Å²) in [5.74, 6) is -2.36. The number of amides is 1. The molecule has 1 aliphatic rings. The van der Waals surface area contributed by atoms with Crippen molar-refractivity contribution < 1.29 is 31.1 Å². The zero-order chi connectivity index (χ0) is 23.1. The summed E-state index contributed by atoms with van der Waals surface area (Å²) in [7, 11) is -4.10. The zero-order valence-corrected chi connectivity index (χ0v) is 17.5. The Morgan fingerprint density at radius 1 is 1.16 bits per heavy atom. The van der Waals surface area contributed by atoms with E-state index in [1.54, 1.807) is 6.07 Å². The second kappa shape index (κ2) is 8.10. The summed E-state index contributed by atoms with van der Waals surface area (Å²) in [4.78, 5) is 16.3. The lowest BCUT2D eigenvalue weighted by Gasteiger charge is -2.09. The minimum atomic E-state index is -4.31. The van der Waals surface area contributed by atoms with Crippen LogP contribution in [0.1, 0.15) is 16.8 Å². The fourth-order valence-corrected chi connectivity index (χ4v) is 4.08. The van der Waals surface area contributed by atoms with Gasteiger partial charge in [-0.1, -0.05) is 29.8 Å². The van der Waals surface area contributed by atoms with Gasteiger partial charge in [-0.05, 0) is 30.7 Å². The zero-order valence-electron chi connectivity index (χ0n) is 16.0. The number of hydrogen-bond acceptors (Lipinski definition) is 6. The molecule has 0 unspecified atom stereocenters. The highest BCUT2D eigenvalue weighted by molar-refractivity contribution is 7.90. The first-order chi connectivity index (χ1) is 15.0. The molecular weight excluding hydrogens is 473 g/mol. The number of pyridine rings is 1. The van der Waals surface area contributed by atoms with Crippen LogP contribution in [-0.4, -0.2) is 41.4 Å². The van der Waals surface area contributed by atoms with Crippen LogP contribution >= 0.6 is 11.6 Å². The molecular formula is C19H14ClF3N4O4S. The van der Waals surface area contributed by atoms with Crippen molar-refractivity contribution in [2.24, 2.45) is 5.92 Å². The number of sulfonamides is 1. The average Bonchev–Trinajstić information content (AvgIpc) is 3.36. The maximum absolute atomic E-state index is 12.6. The van der Waals surface area contributed by atoms with Crippen LogP contribution in [0.15, 0.2) is 59.6 Å². The molecule has 32 heavy (non-hydrogen) atoms. The molecule has 1 N–H and O–H groups in total. The molecule has 1 amide bonds. The summed E-state index contributed by atoms with van der Waals surface area (Å²) in [6.45, 7) is 0. The number of ether oxygens (including phenoxy) is 1. The van der Waals surface area contributed by atoms with E-state index in [1.165, 1.54) is 53.3 Å². The van der Waals surface area contributed by atoms with Crippen molar-refractivity contribution in [3.8, 4) is 11.7 Å². The molecule has 2 heterocycles. The monoisotopic (exact) mass is 486 g/mol. The fourth-order valence-electron chi connectivity index (χ4n) is 2.86. The van der Waals surface area contributed by atoms with Gasteiger partial charge in [0, 0.05) is 12.3 Å². The molecule has 168 valence electrons. The SMILES string of the molecule is O=C(NS(=O)(=O)c1ccccc1)c1ccc(-n2ccc(O[C@@H]3C[C@H]3C(F)(F)F)n2)nc1Cl. The third-order valence-electron chi connectivity index (χ3n) is 4.58. The van der Waals surface area contributed by atoms with Gasteiger partial charge >= 0.3 is 6.18 Å². The standard InChI is InChI=1S/C19H14ClF3N4O4S/c20-17-12(18(28)26-32(29,30)11-4-2-1-3-5-11)6-7-15(24-17)27-9-8-16(25-27)31-14-10-13(14)19(21,22)23/h1-9,13-14H,10H2,(H,26,28)/t13-,14-/m1/s1. The number of aromatic nitrogens is 3. The van der Waals surface area contributed by atoms with Crippen LogP contribution < -0.4 is 9.46 Å². The fraction of sp³-hybridized carbons (Fsp3) is 0.211. The van der Waals surface area contributed by atoms with Crippen molar-refractivity contribution in [1.82, 2.24) is 19.5 Å². The average molecular weight is 487 g/mol. The number of nitrogens with zero attached hydrogens (tertiary/aromatic N) is 3. The Bertz CT molecular complexity index is 1270. The van der Waals surface area contributed by atoms with E-state index < -0.39 is 34.1 Å². The highest BCUT2D eigenvalue weighted by Crippen LogP contribution is 2.46. The predicted octanol–water partition coefficient (Wildman–Crippen LogP) is 3.37. The van der Waals surface area contributed by atoms with Gasteiger partial charge in [-0.3, -0.25) is 4.79 Å². The summed E-state index contributed by atoms with van der Waals surface area (Å²) in [6.07, 6.45) is -4.02. The quantitative estimate of drug-likeness (QED) is 0.536. The predicted molar refractivity (Wildman–Crippen MR) is 106 cm³/mol. The molecule has 1 aromatic carbocycles. The molecule has 0 saturated heterocycles. The molecule has 2 aromatic heterocycles. The van der Waals surface area contributed by atoms with Crippen molar-refractivity contribution in [2.45, 2.75) is 23.6 Å². The maximum atomic E-state index is 12.6. The summed E-state index contributed by atoms with van der Waals surface area (Å²) >= 11 is 6.06. The lowest BCUT2D eigenvalue weighted by Crippen LogP contribution is -2.31. The van der Waals surface area contributed by atoms with Crippen molar-refractivity contribution in [2.75, 3.05) is 0 Å². The molecule has 1 fully saturated rings. The third kappa shape index (κ3) is 4.70. The Labute approximate surface area is 185 Å². The first-order valence-electron chi connectivity index (χ1n) is 9.13. The Morgan fingerprint density at radius 3 is 2.50 bits per heavy atom. The summed E-state index contributed by atoms with van der Waals surface area (Å²) in [6, 6.07) is 11.3. The number of benzene rings is 1. The van der Waals surface area contributed by atoms with Gasteiger partial charge in [-0.2, -0.15) is 13.2 Å². The first-order valence-corrected chi connectivity index (χ1v) is 11.0. The van der Waals surface area contributed by atoms with Gasteiger partial charge in [0.2, 0.25) is 5.88 Å². The highest BCUT2D eigenvalue weighted by Gasteiger charge is 2.58. The molecule has 4 rings (SSSR count). The Kier molecular flexibility index (Phi) is 5.59. The van der Waals surface area contributed by atoms with Gasteiger partial charge < -0.3 is 4.74 Å². The van der Waals surface area contributed by atoms with Crippen LogP contribution in [0.25, 0.3) is 5.82 Å². The lowest BCUT2D eigenvalue weighted by molar-refractivity contribution is -0.153. The van der Waals surface area contributed by atoms with Gasteiger partial charge in [0.1, 0.15) is 11.3 Å². The molecule has 0 spiro atoms. The van der Waals surface area contributed by atoms with E-state index in [0.29, 0.717) is 0 Å². The van der Waals surface area contributed by atoms with E-state index in [9.17, 15) is 26.4 Å². The first kappa shape index (κ1) is 22.1. The Balaban J connectivity index is 1.46. The number of carbonyl (C=O) groups is 1. The van der Waals surface area contributed by atoms with E-state index in [1.807, 2.05) is 4.72 Å². The number of hydrogen-bond donors (Lipinski definition) is 1. The minimum Gasteiger partial charge on any atom is -0.473 e. The lowest BCUT2D eigenvalue weighted by atomic mass is 10.3. The second-order valence-corrected chi connectivity index (χ2v) is 8.93. The van der Waals surface area contributed by atoms with Crippen LogP contribution in [-0.2, 0) is 10.0 Å². The molecule has 3 aromatic rings. The van der Waals surface area contributed by atoms with Crippen molar-refractivity contribution >= 4 is 27.5 Å². The van der Waals surface area contributed by atoms with Crippen LogP contribution in [0, 0.1) is 5.92 Å². The third-order valence-corrected chi connectivity index (χ3v) is 6.22. The van der Waals surface area contributed by atoms with E-state index in [4.69, 9.17) is 16.3 Å². The molecule has 1 aliphatic carbocycles. The molecule has 0 bridgehead atoms. The second-order valence-electron chi connectivity index (χ2n) is 6.89. The topological polar surface area (TPSA) is 103 Å². The number of rotatable bonds is 6. The number of alkyl halides is 3. The van der Waals surface area contributed by atoms with Crippen molar-refractivity contribution in [3.05, 3.63) is 65.4 Å². The molecule has 2 atom stereocenters. The highest BCUT2D eigenvalue weighted by atomic mass is 35.5. The summed E-state index contributed by atoms with van der Waals surface area (Å²) < 4.78 is 70.8. The van der Waals surface area contributed by atoms with Gasteiger partial charge in [-0.15, -0.1) is 5.10 Å². The molecule has 8 nitrogen and oxygen atoms in total. The number of halogens is 4. The number of carbonyl (C=O) groups excluding carboxylic acids is 1. The Hall–Kier alpha value is -3.12. The molecule has 1 saturated carbocycles. The number of nitrogens with one attached hydrogen (secondary N) is 1. The van der Waals surface area contributed by atoms with E-state index in [0.717, 1.165) is 0 Å². The van der Waals surface area contributed by atoms with Crippen LogP contribution in [0.4, 0.5) is 13.2 Å². The van der Waals surface area contributed by atoms with Crippen LogP contribution in [0.5, 0.6) is 5.88 Å². The Morgan fingerprint density at radius 2 is 1.88 bits per heavy atom. The molecule has 13 heteroatoms. The van der Waals surface area contributed by atoms with Crippen molar-refractivity contribution in [3.63, 3.8) is 0 Å².